The third-order valence-corrected chi connectivity index (χ3v) is 15.9. The number of benzene rings is 2. The molecule has 14 amide bonds. The number of nitrogens with zero attached hydrogens (tertiary/aromatic N) is 3. The summed E-state index contributed by atoms with van der Waals surface area (Å²) in [6.07, 6.45) is 0.318. The van der Waals surface area contributed by atoms with Crippen LogP contribution in [0.3, 0.4) is 0 Å². The van der Waals surface area contributed by atoms with E-state index in [2.05, 4.69) is 95.0 Å². The maximum atomic E-state index is 14.3. The van der Waals surface area contributed by atoms with Crippen molar-refractivity contribution in [3.05, 3.63) is 96.3 Å². The number of unbranched alkanes of at least 4 members (excludes halogenated alkanes) is 2. The van der Waals surface area contributed by atoms with Crippen molar-refractivity contribution in [1.29, 1.82) is 10.8 Å². The van der Waals surface area contributed by atoms with Crippen molar-refractivity contribution in [2.75, 3.05) is 39.3 Å². The van der Waals surface area contributed by atoms with E-state index < -0.39 is 169 Å². The molecule has 2 aromatic carbocycles. The van der Waals surface area contributed by atoms with Crippen LogP contribution in [0.4, 0.5) is 10.5 Å². The van der Waals surface area contributed by atoms with Crippen LogP contribution in [0.5, 0.6) is 0 Å². The Morgan fingerprint density at radius 2 is 0.875 bits per heavy atom. The second-order valence-corrected chi connectivity index (χ2v) is 24.2. The number of carboxylic acids is 2. The Hall–Kier alpha value is -12.2. The van der Waals surface area contributed by atoms with Crippen LogP contribution >= 0.6 is 0 Å². The number of pyridine rings is 1. The molecular formula is C65H90N22O17. The molecule has 9 atom stereocenters. The van der Waals surface area contributed by atoms with E-state index in [0.717, 1.165) is 0 Å². The molecule has 1 aromatic heterocycles. The standard InChI is InChI=1S/C65H90N22O17/c66-63(67)73-28-12-21-40-55(96)75-35-50(89)77-47(32-52(91)92)61(102)83-45(30-37-14-3-1-4-15-37)59(100)81-42(57(98)79-40)19-7-9-26-71-49(88)24-23-44(85-65(104)87-86-39-18-11-25-70-34-39)54(95)72-27-10-8-20-43-58(99)80-41(22-13-29-74-64(68)69)56(97)76-36-51(90)78-48(33-53(93)94)62(103)84-46(60(101)82-43)31-38-16-5-2-6-17-38/h1-6,11,14-18,25,34,40-48H,7-10,12-13,19-24,26-33,35-36H2,(H,71,88)(H,72,95)(H,75,96)(H,76,97)(H,77,89)(H,78,90)(H,79,98)(H,80,99)(H,81,100)(H,82,101)(H,83,102)(H,84,103)(H,85,104)(H,91,92)(H,93,94)(H4,66,67,73)(H4,68,69,74)/t40-,41-,42-,43-,44?,45+,46+,47-,48-/m0/s1. The summed E-state index contributed by atoms with van der Waals surface area (Å²) in [6.45, 7) is -1.46. The molecule has 104 heavy (non-hydrogen) atoms. The Bertz CT molecular complexity index is 3540. The van der Waals surface area contributed by atoms with Gasteiger partial charge in [0.1, 0.15) is 60.1 Å². The number of hydrogen-bond acceptors (Lipinski definition) is 19. The number of carbonyl (C=O) groups excluding carboxylic acids is 13. The van der Waals surface area contributed by atoms with Crippen molar-refractivity contribution >= 4 is 106 Å². The lowest BCUT2D eigenvalue weighted by Gasteiger charge is -2.26. The number of amides is 14. The SMILES string of the molecule is N=C(N)NCCC[C@@H]1NC(=O)[C@H](CCCCNC(=O)CCC(NC(=O)N=Nc2cccnc2)C(=O)NCCCC[C@@H]2NC(=O)[C@@H](Cc3ccccc3)NC(=O)[C@H](CC(=O)O)NC(=O)CNC(=O)[C@H](CCCNC(=N)N)NC2=O)NC(=O)[C@@H](Cc2ccccc2)NC(=O)[C@H](CC(=O)O)NC(=O)CNC1=O. The molecule has 2 saturated heterocycles. The van der Waals surface area contributed by atoms with Crippen LogP contribution in [0.25, 0.3) is 0 Å². The fourth-order valence-electron chi connectivity index (χ4n) is 10.6. The number of urea groups is 1. The number of rotatable bonds is 32. The number of aromatic nitrogens is 1. The first kappa shape index (κ1) is 82.4. The number of azo groups is 1. The zero-order valence-corrected chi connectivity index (χ0v) is 56.8. The molecule has 3 heterocycles. The predicted octanol–water partition coefficient (Wildman–Crippen LogP) is -4.30. The van der Waals surface area contributed by atoms with Crippen molar-refractivity contribution in [2.24, 2.45) is 21.7 Å². The molecule has 39 heteroatoms. The van der Waals surface area contributed by atoms with Gasteiger partial charge in [-0.2, -0.15) is 0 Å². The van der Waals surface area contributed by atoms with Crippen molar-refractivity contribution < 1.29 is 82.1 Å². The maximum Gasteiger partial charge on any atom is 0.360 e. The van der Waals surface area contributed by atoms with E-state index >= 15 is 0 Å². The van der Waals surface area contributed by atoms with Crippen LogP contribution in [0, 0.1) is 10.8 Å². The molecule has 23 N–H and O–H groups in total. The van der Waals surface area contributed by atoms with E-state index in [-0.39, 0.29) is 134 Å². The fourth-order valence-corrected chi connectivity index (χ4v) is 10.6. The van der Waals surface area contributed by atoms with Gasteiger partial charge in [0.15, 0.2) is 11.9 Å². The lowest BCUT2D eigenvalue weighted by Crippen LogP contribution is -2.58. The highest BCUT2D eigenvalue weighted by atomic mass is 16.4. The average Bonchev–Trinajstić information content (AvgIpc) is 1.34. The first-order valence-corrected chi connectivity index (χ1v) is 33.5. The normalized spacial score (nSPS) is 20.6. The molecule has 0 bridgehead atoms. The summed E-state index contributed by atoms with van der Waals surface area (Å²) < 4.78 is 0. The molecule has 39 nitrogen and oxygen atoms in total. The summed E-state index contributed by atoms with van der Waals surface area (Å²) in [6, 6.07) is 5.43. The van der Waals surface area contributed by atoms with Gasteiger partial charge in [-0.1, -0.05) is 65.8 Å². The van der Waals surface area contributed by atoms with Gasteiger partial charge in [-0.05, 0) is 93.9 Å². The second-order valence-electron chi connectivity index (χ2n) is 24.2. The molecule has 0 aliphatic carbocycles. The zero-order valence-electron chi connectivity index (χ0n) is 56.8. The van der Waals surface area contributed by atoms with E-state index in [9.17, 15) is 82.1 Å². The van der Waals surface area contributed by atoms with Crippen LogP contribution in [-0.2, 0) is 80.0 Å². The smallest absolute Gasteiger partial charge is 0.360 e. The summed E-state index contributed by atoms with van der Waals surface area (Å²) in [7, 11) is 0. The van der Waals surface area contributed by atoms with Crippen molar-refractivity contribution in [3.63, 3.8) is 0 Å². The Labute approximate surface area is 596 Å². The maximum absolute atomic E-state index is 14.3. The van der Waals surface area contributed by atoms with E-state index in [1.807, 2.05) is 0 Å². The number of carboxylic acid groups (broad SMARTS) is 2. The van der Waals surface area contributed by atoms with E-state index in [1.165, 1.54) is 24.5 Å². The third-order valence-electron chi connectivity index (χ3n) is 15.9. The Morgan fingerprint density at radius 1 is 0.481 bits per heavy atom. The molecule has 1 unspecified atom stereocenters. The van der Waals surface area contributed by atoms with Crippen LogP contribution in [0.15, 0.2) is 95.4 Å². The summed E-state index contributed by atoms with van der Waals surface area (Å²) in [4.78, 5) is 206. The van der Waals surface area contributed by atoms with Crippen molar-refractivity contribution in [1.82, 2.24) is 84.7 Å². The molecular weight excluding hydrogens is 1360 g/mol. The molecule has 3 aromatic rings. The average molecular weight is 1450 g/mol. The highest BCUT2D eigenvalue weighted by Crippen LogP contribution is 2.14. The first-order valence-electron chi connectivity index (χ1n) is 33.5. The highest BCUT2D eigenvalue weighted by molar-refractivity contribution is 6.00. The summed E-state index contributed by atoms with van der Waals surface area (Å²) >= 11 is 0. The second kappa shape index (κ2) is 44.1. The molecule has 562 valence electrons. The minimum absolute atomic E-state index is 0.0312. The molecule has 0 radical (unpaired) electrons. The Balaban J connectivity index is 1.29. The molecule has 0 saturated carbocycles. The van der Waals surface area contributed by atoms with E-state index in [0.29, 0.717) is 11.1 Å². The predicted molar refractivity (Wildman–Crippen MR) is 369 cm³/mol. The number of hydrogen-bond donors (Lipinski definition) is 21. The number of nitrogens with one attached hydrogen (secondary N) is 17. The van der Waals surface area contributed by atoms with Crippen molar-refractivity contribution in [3.8, 4) is 0 Å². The van der Waals surface area contributed by atoms with Gasteiger partial charge in [-0.25, -0.2) is 4.79 Å². The number of nitrogens with two attached hydrogens (primary N) is 2. The zero-order chi connectivity index (χ0) is 75.9. The van der Waals surface area contributed by atoms with Crippen molar-refractivity contribution in [2.45, 2.75) is 157 Å². The van der Waals surface area contributed by atoms with E-state index in [4.69, 9.17) is 22.3 Å². The van der Waals surface area contributed by atoms with Gasteiger partial charge in [0.05, 0.1) is 32.1 Å². The molecule has 2 fully saturated rings. The van der Waals surface area contributed by atoms with Gasteiger partial charge in [0.2, 0.25) is 70.9 Å². The topological polar surface area (TPSA) is 614 Å². The number of aliphatic carboxylic acids is 2. The monoisotopic (exact) mass is 1450 g/mol. The van der Waals surface area contributed by atoms with Gasteiger partial charge in [0, 0.05) is 51.6 Å². The highest BCUT2D eigenvalue weighted by Gasteiger charge is 2.36. The summed E-state index contributed by atoms with van der Waals surface area (Å²) in [5, 5.41) is 79.6. The minimum Gasteiger partial charge on any atom is -0.481 e. The Morgan fingerprint density at radius 3 is 1.30 bits per heavy atom. The molecule has 2 aliphatic rings. The van der Waals surface area contributed by atoms with Crippen LogP contribution < -0.4 is 91.2 Å². The van der Waals surface area contributed by atoms with Gasteiger partial charge in [-0.15, -0.1) is 5.11 Å². The van der Waals surface area contributed by atoms with E-state index in [1.54, 1.807) is 60.7 Å². The summed E-state index contributed by atoms with van der Waals surface area (Å²) in [5.74, 6) is -14.3. The van der Waals surface area contributed by atoms with Crippen LogP contribution in [0.1, 0.15) is 101 Å². The summed E-state index contributed by atoms with van der Waals surface area (Å²) in [5.41, 5.74) is 12.1. The van der Waals surface area contributed by atoms with Gasteiger partial charge in [-0.3, -0.25) is 82.9 Å². The molecule has 2 aliphatic heterocycles. The van der Waals surface area contributed by atoms with Gasteiger partial charge in [0.25, 0.3) is 0 Å². The molecule has 0 spiro atoms. The lowest BCUT2D eigenvalue weighted by atomic mass is 10.0. The quantitative estimate of drug-likeness (QED) is 0.0122. The largest absolute Gasteiger partial charge is 0.481 e. The minimum atomic E-state index is -1.71. The van der Waals surface area contributed by atoms with Crippen LogP contribution in [-0.4, -0.2) is 210 Å². The third kappa shape index (κ3) is 31.5. The lowest BCUT2D eigenvalue weighted by molar-refractivity contribution is -0.141. The Kier molecular flexibility index (Phi) is 35.0. The molecule has 5 rings (SSSR count). The fraction of sp³-hybridized carbons (Fsp3) is 0.477. The number of guanidine groups is 2. The van der Waals surface area contributed by atoms with Gasteiger partial charge < -0.3 is 101 Å². The first-order chi connectivity index (χ1) is 49.7. The van der Waals surface area contributed by atoms with Gasteiger partial charge >= 0.3 is 18.0 Å². The number of carbonyl (C=O) groups is 15. The van der Waals surface area contributed by atoms with Crippen LogP contribution in [0.2, 0.25) is 0 Å².